The van der Waals surface area contributed by atoms with Gasteiger partial charge in [-0.25, -0.2) is 15.3 Å². The molecule has 0 aliphatic heterocycles. The molecule has 2 heterocycles. The third-order valence-electron chi connectivity index (χ3n) is 3.48. The fourth-order valence-electron chi connectivity index (χ4n) is 2.26. The summed E-state index contributed by atoms with van der Waals surface area (Å²) in [5.74, 6) is 0.228. The molecule has 0 spiro atoms. The van der Waals surface area contributed by atoms with Crippen LogP contribution in [0.1, 0.15) is 36.2 Å². The summed E-state index contributed by atoms with van der Waals surface area (Å²) in [6.45, 7) is 5.52. The highest BCUT2D eigenvalue weighted by Gasteiger charge is 2.12. The van der Waals surface area contributed by atoms with Crippen LogP contribution in [0.4, 0.5) is 4.79 Å². The standard InChI is InChI=1S/C20H21N3O3S2/c1-20(2,3)26-23-19(25)21-10-16-7-13(11-27-16)8-18-22-17(12-28-18)14-5-4-6-15(24)9-14/h4-7,9-12,24H,8H2,1-3H3,(H,23,25). The first kappa shape index (κ1) is 20.2. The van der Waals surface area contributed by atoms with Crippen LogP contribution in [-0.4, -0.2) is 27.9 Å². The van der Waals surface area contributed by atoms with Gasteiger partial charge in [0, 0.05) is 28.5 Å². The highest BCUT2D eigenvalue weighted by Crippen LogP contribution is 2.26. The van der Waals surface area contributed by atoms with Crippen molar-refractivity contribution in [3.8, 4) is 17.0 Å². The van der Waals surface area contributed by atoms with Crippen molar-refractivity contribution in [2.24, 2.45) is 4.99 Å². The van der Waals surface area contributed by atoms with Crippen molar-refractivity contribution in [1.29, 1.82) is 0 Å². The molecular formula is C20H21N3O3S2. The number of nitrogens with zero attached hydrogens (tertiary/aromatic N) is 2. The minimum atomic E-state index is -0.541. The Labute approximate surface area is 171 Å². The molecule has 3 rings (SSSR count). The summed E-state index contributed by atoms with van der Waals surface area (Å²) in [5, 5.41) is 14.6. The van der Waals surface area contributed by atoms with E-state index < -0.39 is 11.6 Å². The monoisotopic (exact) mass is 415 g/mol. The number of phenols is 1. The number of hydrogen-bond donors (Lipinski definition) is 2. The lowest BCUT2D eigenvalue weighted by atomic mass is 10.1. The molecule has 2 N–H and O–H groups in total. The Hall–Kier alpha value is -2.55. The van der Waals surface area contributed by atoms with Crippen LogP contribution in [0.3, 0.4) is 0 Å². The van der Waals surface area contributed by atoms with Crippen LogP contribution in [0.5, 0.6) is 5.75 Å². The fourth-order valence-corrected chi connectivity index (χ4v) is 3.87. The van der Waals surface area contributed by atoms with Gasteiger partial charge in [0.1, 0.15) is 5.75 Å². The summed E-state index contributed by atoms with van der Waals surface area (Å²) in [6.07, 6.45) is 2.22. The van der Waals surface area contributed by atoms with E-state index in [1.165, 1.54) is 17.6 Å². The Bertz CT molecular complexity index is 986. The number of aliphatic imine (C=N–C) groups is 1. The predicted octanol–water partition coefficient (Wildman–Crippen LogP) is 5.03. The van der Waals surface area contributed by atoms with E-state index in [0.29, 0.717) is 6.42 Å². The Morgan fingerprint density at radius 3 is 2.86 bits per heavy atom. The summed E-state index contributed by atoms with van der Waals surface area (Å²) in [5.41, 5.74) is 4.69. The topological polar surface area (TPSA) is 83.8 Å². The summed E-state index contributed by atoms with van der Waals surface area (Å²) in [6, 6.07) is 8.51. The van der Waals surface area contributed by atoms with Gasteiger partial charge >= 0.3 is 6.03 Å². The molecule has 0 unspecified atom stereocenters. The van der Waals surface area contributed by atoms with Crippen molar-refractivity contribution in [3.63, 3.8) is 0 Å². The van der Waals surface area contributed by atoms with Gasteiger partial charge in [-0.3, -0.25) is 4.84 Å². The summed E-state index contributed by atoms with van der Waals surface area (Å²) < 4.78 is 0. The minimum Gasteiger partial charge on any atom is -0.508 e. The van der Waals surface area contributed by atoms with E-state index >= 15 is 0 Å². The number of phenolic OH excluding ortho intramolecular Hbond substituents is 1. The molecule has 0 aliphatic rings. The molecule has 0 fully saturated rings. The van der Waals surface area contributed by atoms with Crippen molar-refractivity contribution in [1.82, 2.24) is 10.5 Å². The number of benzene rings is 1. The molecule has 2 aromatic heterocycles. The van der Waals surface area contributed by atoms with Crippen molar-refractivity contribution in [2.45, 2.75) is 32.8 Å². The number of urea groups is 1. The second-order valence-electron chi connectivity index (χ2n) is 7.09. The maximum atomic E-state index is 11.7. The van der Waals surface area contributed by atoms with Gasteiger partial charge in [0.15, 0.2) is 0 Å². The first-order chi connectivity index (χ1) is 13.3. The van der Waals surface area contributed by atoms with E-state index in [2.05, 4.69) is 15.5 Å². The normalized spacial score (nSPS) is 11.8. The summed E-state index contributed by atoms with van der Waals surface area (Å²) in [7, 11) is 0. The molecule has 0 bridgehead atoms. The molecule has 1 aromatic carbocycles. The zero-order chi connectivity index (χ0) is 20.1. The number of thiazole rings is 1. The average Bonchev–Trinajstić information content (AvgIpc) is 3.27. The molecule has 0 saturated carbocycles. The van der Waals surface area contributed by atoms with Crippen molar-refractivity contribution >= 4 is 34.9 Å². The lowest BCUT2D eigenvalue weighted by Gasteiger charge is -2.17. The zero-order valence-corrected chi connectivity index (χ0v) is 17.4. The Morgan fingerprint density at radius 2 is 2.11 bits per heavy atom. The van der Waals surface area contributed by atoms with Crippen molar-refractivity contribution in [2.75, 3.05) is 0 Å². The molecule has 2 amide bonds. The van der Waals surface area contributed by atoms with Crippen molar-refractivity contribution < 1.29 is 14.7 Å². The van der Waals surface area contributed by atoms with Gasteiger partial charge in [-0.15, -0.1) is 22.7 Å². The van der Waals surface area contributed by atoms with E-state index in [1.54, 1.807) is 29.5 Å². The number of hydrogen-bond acceptors (Lipinski definition) is 6. The van der Waals surface area contributed by atoms with E-state index in [9.17, 15) is 9.90 Å². The number of amides is 2. The molecule has 0 radical (unpaired) electrons. The Kier molecular flexibility index (Phi) is 6.23. The number of nitrogens with one attached hydrogen (secondary N) is 1. The Balaban J connectivity index is 1.59. The van der Waals surface area contributed by atoms with Crippen LogP contribution in [0.15, 0.2) is 46.1 Å². The minimum absolute atomic E-state index is 0.228. The molecule has 3 aromatic rings. The lowest BCUT2D eigenvalue weighted by molar-refractivity contribution is -0.0512. The quantitative estimate of drug-likeness (QED) is 0.452. The third kappa shape index (κ3) is 5.98. The second-order valence-corrected chi connectivity index (χ2v) is 8.98. The molecule has 6 nitrogen and oxygen atoms in total. The fraction of sp³-hybridized carbons (Fsp3) is 0.250. The summed E-state index contributed by atoms with van der Waals surface area (Å²) in [4.78, 5) is 26.2. The number of carbonyl (C=O) groups excluding carboxylic acids is 1. The summed E-state index contributed by atoms with van der Waals surface area (Å²) >= 11 is 3.09. The van der Waals surface area contributed by atoms with E-state index in [1.807, 2.05) is 43.7 Å². The first-order valence-corrected chi connectivity index (χ1v) is 10.4. The SMILES string of the molecule is CC(C)(C)ONC(=O)N=Cc1cc(Cc2nc(-c3cccc(O)c3)cs2)cs1. The van der Waals surface area contributed by atoms with Gasteiger partial charge in [-0.05, 0) is 49.9 Å². The maximum absolute atomic E-state index is 11.7. The molecule has 146 valence electrons. The molecule has 0 atom stereocenters. The predicted molar refractivity (Wildman–Crippen MR) is 113 cm³/mol. The Morgan fingerprint density at radius 1 is 1.29 bits per heavy atom. The highest BCUT2D eigenvalue weighted by molar-refractivity contribution is 7.12. The van der Waals surface area contributed by atoms with Crippen LogP contribution < -0.4 is 5.48 Å². The van der Waals surface area contributed by atoms with Gasteiger partial charge in [0.05, 0.1) is 16.3 Å². The largest absolute Gasteiger partial charge is 0.508 e. The van der Waals surface area contributed by atoms with Crippen LogP contribution in [-0.2, 0) is 11.3 Å². The van der Waals surface area contributed by atoms with Crippen LogP contribution >= 0.6 is 22.7 Å². The molecule has 0 saturated heterocycles. The van der Waals surface area contributed by atoms with Crippen molar-refractivity contribution in [3.05, 3.63) is 56.5 Å². The number of aromatic nitrogens is 1. The van der Waals surface area contributed by atoms with Crippen LogP contribution in [0.25, 0.3) is 11.3 Å². The van der Waals surface area contributed by atoms with Gasteiger partial charge in [-0.1, -0.05) is 12.1 Å². The van der Waals surface area contributed by atoms with Gasteiger partial charge < -0.3 is 5.11 Å². The van der Waals surface area contributed by atoms with Gasteiger partial charge in [0.2, 0.25) is 0 Å². The number of aromatic hydroxyl groups is 1. The number of thiophene rings is 1. The number of hydroxylamine groups is 1. The number of carbonyl (C=O) groups is 1. The molecular weight excluding hydrogens is 394 g/mol. The third-order valence-corrected chi connectivity index (χ3v) is 5.24. The van der Waals surface area contributed by atoms with E-state index in [-0.39, 0.29) is 5.75 Å². The van der Waals surface area contributed by atoms with E-state index in [4.69, 9.17) is 4.84 Å². The number of rotatable bonds is 5. The average molecular weight is 416 g/mol. The molecule has 8 heteroatoms. The van der Waals surface area contributed by atoms with Crippen LogP contribution in [0.2, 0.25) is 0 Å². The molecule has 0 aliphatic carbocycles. The lowest BCUT2D eigenvalue weighted by Crippen LogP contribution is -2.31. The van der Waals surface area contributed by atoms with Gasteiger partial charge in [0.25, 0.3) is 0 Å². The first-order valence-electron chi connectivity index (χ1n) is 8.62. The second kappa shape index (κ2) is 8.64. The van der Waals surface area contributed by atoms with Crippen LogP contribution in [0, 0.1) is 0 Å². The highest BCUT2D eigenvalue weighted by atomic mass is 32.1. The molecule has 28 heavy (non-hydrogen) atoms. The zero-order valence-electron chi connectivity index (χ0n) is 15.8. The van der Waals surface area contributed by atoms with E-state index in [0.717, 1.165) is 26.7 Å². The maximum Gasteiger partial charge on any atom is 0.364 e. The van der Waals surface area contributed by atoms with Gasteiger partial charge in [-0.2, -0.15) is 4.99 Å². The smallest absolute Gasteiger partial charge is 0.364 e.